The first-order valence-electron chi connectivity index (χ1n) is 5.82. The van der Waals surface area contributed by atoms with E-state index in [9.17, 15) is 0 Å². The molecule has 0 spiro atoms. The van der Waals surface area contributed by atoms with Gasteiger partial charge in [0, 0.05) is 6.54 Å². The Labute approximate surface area is 106 Å². The molecule has 0 aliphatic carbocycles. The van der Waals surface area contributed by atoms with Crippen molar-refractivity contribution in [2.45, 2.75) is 19.9 Å². The van der Waals surface area contributed by atoms with Crippen LogP contribution in [0, 0.1) is 0 Å². The third kappa shape index (κ3) is 3.05. The molecule has 0 amide bonds. The summed E-state index contributed by atoms with van der Waals surface area (Å²) in [6, 6.07) is 10.3. The molecular formula is C13H17N3S. The lowest BCUT2D eigenvalue weighted by atomic mass is 10.1. The summed E-state index contributed by atoms with van der Waals surface area (Å²) in [5.74, 6) is 0. The van der Waals surface area contributed by atoms with Gasteiger partial charge in [0.1, 0.15) is 0 Å². The molecule has 0 saturated heterocycles. The van der Waals surface area contributed by atoms with E-state index in [4.69, 9.17) is 5.73 Å². The molecule has 90 valence electrons. The average Bonchev–Trinajstić information content (AvgIpc) is 2.72. The second-order valence-electron chi connectivity index (χ2n) is 3.87. The topological polar surface area (TPSA) is 50.9 Å². The number of hydrogen-bond donors (Lipinski definition) is 2. The van der Waals surface area contributed by atoms with Gasteiger partial charge in [0.2, 0.25) is 0 Å². The van der Waals surface area contributed by atoms with E-state index in [1.54, 1.807) is 11.3 Å². The van der Waals surface area contributed by atoms with E-state index in [0.29, 0.717) is 5.13 Å². The number of rotatable bonds is 5. The molecule has 1 aromatic carbocycles. The van der Waals surface area contributed by atoms with E-state index in [1.807, 2.05) is 18.2 Å². The van der Waals surface area contributed by atoms with Crippen LogP contribution in [0.3, 0.4) is 0 Å². The van der Waals surface area contributed by atoms with Crippen molar-refractivity contribution < 1.29 is 0 Å². The molecule has 0 unspecified atom stereocenters. The van der Waals surface area contributed by atoms with Gasteiger partial charge in [-0.3, -0.25) is 0 Å². The van der Waals surface area contributed by atoms with Gasteiger partial charge in [-0.05, 0) is 18.5 Å². The summed E-state index contributed by atoms with van der Waals surface area (Å²) in [4.78, 5) is 5.57. The standard InChI is InChI=1S/C13H17N3S/c1-2-8-15-9-11-12(17-13(14)16-11)10-6-4-3-5-7-10/h3-7,15H,2,8-9H2,1H3,(H2,14,16). The molecule has 0 atom stereocenters. The zero-order chi connectivity index (χ0) is 12.1. The second kappa shape index (κ2) is 5.80. The lowest BCUT2D eigenvalue weighted by Crippen LogP contribution is -2.14. The van der Waals surface area contributed by atoms with Crippen molar-refractivity contribution in [3.05, 3.63) is 36.0 Å². The number of nitrogens with zero attached hydrogens (tertiary/aromatic N) is 1. The maximum atomic E-state index is 5.80. The van der Waals surface area contributed by atoms with Gasteiger partial charge < -0.3 is 11.1 Å². The van der Waals surface area contributed by atoms with Gasteiger partial charge in [-0.25, -0.2) is 4.98 Å². The summed E-state index contributed by atoms with van der Waals surface area (Å²) in [5.41, 5.74) is 8.04. The SMILES string of the molecule is CCCNCc1nc(N)sc1-c1ccccc1. The van der Waals surface area contributed by atoms with Crippen LogP contribution in [-0.2, 0) is 6.54 Å². The van der Waals surface area contributed by atoms with Crippen LogP contribution >= 0.6 is 11.3 Å². The highest BCUT2D eigenvalue weighted by molar-refractivity contribution is 7.18. The molecule has 3 N–H and O–H groups in total. The molecule has 4 heteroatoms. The molecule has 17 heavy (non-hydrogen) atoms. The molecule has 1 aromatic heterocycles. The Kier molecular flexibility index (Phi) is 4.12. The molecule has 2 rings (SSSR count). The van der Waals surface area contributed by atoms with Gasteiger partial charge in [-0.15, -0.1) is 0 Å². The minimum Gasteiger partial charge on any atom is -0.375 e. The summed E-state index contributed by atoms with van der Waals surface area (Å²) >= 11 is 1.55. The zero-order valence-electron chi connectivity index (χ0n) is 9.94. The number of nitrogens with two attached hydrogens (primary N) is 1. The number of aromatic nitrogens is 1. The van der Waals surface area contributed by atoms with Gasteiger partial charge in [-0.1, -0.05) is 48.6 Å². The van der Waals surface area contributed by atoms with E-state index in [2.05, 4.69) is 29.4 Å². The Bertz CT molecular complexity index is 465. The second-order valence-corrected chi connectivity index (χ2v) is 4.90. The molecular weight excluding hydrogens is 230 g/mol. The van der Waals surface area contributed by atoms with E-state index < -0.39 is 0 Å². The van der Waals surface area contributed by atoms with Gasteiger partial charge in [0.25, 0.3) is 0 Å². The predicted octanol–water partition coefficient (Wildman–Crippen LogP) is 2.89. The molecule has 3 nitrogen and oxygen atoms in total. The van der Waals surface area contributed by atoms with Gasteiger partial charge in [0.05, 0.1) is 10.6 Å². The van der Waals surface area contributed by atoms with Gasteiger partial charge >= 0.3 is 0 Å². The predicted molar refractivity (Wildman–Crippen MR) is 74.0 cm³/mol. The van der Waals surface area contributed by atoms with Crippen molar-refractivity contribution in [2.24, 2.45) is 0 Å². The van der Waals surface area contributed by atoms with Crippen molar-refractivity contribution in [3.8, 4) is 10.4 Å². The Balaban J connectivity index is 2.22. The highest BCUT2D eigenvalue weighted by Gasteiger charge is 2.10. The molecule has 0 aliphatic heterocycles. The summed E-state index contributed by atoms with van der Waals surface area (Å²) in [6.07, 6.45) is 1.13. The van der Waals surface area contributed by atoms with Crippen molar-refractivity contribution in [3.63, 3.8) is 0 Å². The smallest absolute Gasteiger partial charge is 0.180 e. The van der Waals surface area contributed by atoms with E-state index >= 15 is 0 Å². The lowest BCUT2D eigenvalue weighted by molar-refractivity contribution is 0.668. The maximum absolute atomic E-state index is 5.80. The van der Waals surface area contributed by atoms with Crippen molar-refractivity contribution in [1.82, 2.24) is 10.3 Å². The minimum atomic E-state index is 0.636. The fourth-order valence-corrected chi connectivity index (χ4v) is 2.54. The van der Waals surface area contributed by atoms with Crippen LogP contribution in [0.5, 0.6) is 0 Å². The molecule has 0 bridgehead atoms. The fourth-order valence-electron chi connectivity index (χ4n) is 1.69. The van der Waals surface area contributed by atoms with Crippen LogP contribution < -0.4 is 11.1 Å². The summed E-state index contributed by atoms with van der Waals surface area (Å²) in [7, 11) is 0. The van der Waals surface area contributed by atoms with Gasteiger partial charge in [0.15, 0.2) is 5.13 Å². The van der Waals surface area contributed by atoms with Crippen molar-refractivity contribution in [2.75, 3.05) is 12.3 Å². The Hall–Kier alpha value is -1.39. The third-order valence-electron chi connectivity index (χ3n) is 2.47. The Morgan fingerprint density at radius 1 is 1.29 bits per heavy atom. The van der Waals surface area contributed by atoms with Crippen LogP contribution in [0.25, 0.3) is 10.4 Å². The molecule has 0 fully saturated rings. The molecule has 1 heterocycles. The summed E-state index contributed by atoms with van der Waals surface area (Å²) in [6.45, 7) is 3.94. The number of nitrogen functional groups attached to an aromatic ring is 1. The fraction of sp³-hybridized carbons (Fsp3) is 0.308. The zero-order valence-corrected chi connectivity index (χ0v) is 10.8. The number of thiazole rings is 1. The largest absolute Gasteiger partial charge is 0.375 e. The van der Waals surface area contributed by atoms with Crippen molar-refractivity contribution >= 4 is 16.5 Å². The molecule has 0 aliphatic rings. The van der Waals surface area contributed by atoms with Crippen LogP contribution in [0.1, 0.15) is 19.0 Å². The first kappa shape index (κ1) is 12.1. The van der Waals surface area contributed by atoms with E-state index in [-0.39, 0.29) is 0 Å². The maximum Gasteiger partial charge on any atom is 0.180 e. The van der Waals surface area contributed by atoms with E-state index in [1.165, 1.54) is 10.4 Å². The Morgan fingerprint density at radius 3 is 2.76 bits per heavy atom. The number of anilines is 1. The summed E-state index contributed by atoms with van der Waals surface area (Å²) in [5, 5.41) is 4.00. The third-order valence-corrected chi connectivity index (χ3v) is 3.44. The van der Waals surface area contributed by atoms with Crippen LogP contribution in [0.15, 0.2) is 30.3 Å². The molecule has 0 saturated carbocycles. The number of hydrogen-bond acceptors (Lipinski definition) is 4. The first-order valence-corrected chi connectivity index (χ1v) is 6.64. The molecule has 2 aromatic rings. The number of benzene rings is 1. The normalized spacial score (nSPS) is 10.6. The van der Waals surface area contributed by atoms with Crippen LogP contribution in [0.2, 0.25) is 0 Å². The monoisotopic (exact) mass is 247 g/mol. The highest BCUT2D eigenvalue weighted by atomic mass is 32.1. The lowest BCUT2D eigenvalue weighted by Gasteiger charge is -2.03. The van der Waals surface area contributed by atoms with Crippen LogP contribution in [-0.4, -0.2) is 11.5 Å². The minimum absolute atomic E-state index is 0.636. The Morgan fingerprint density at radius 2 is 2.06 bits per heavy atom. The first-order chi connectivity index (χ1) is 8.31. The van der Waals surface area contributed by atoms with Crippen molar-refractivity contribution in [1.29, 1.82) is 0 Å². The number of nitrogens with one attached hydrogen (secondary N) is 1. The quantitative estimate of drug-likeness (QED) is 0.799. The van der Waals surface area contributed by atoms with Gasteiger partial charge in [-0.2, -0.15) is 0 Å². The molecule has 0 radical (unpaired) electrons. The summed E-state index contributed by atoms with van der Waals surface area (Å²) < 4.78 is 0. The van der Waals surface area contributed by atoms with Crippen LogP contribution in [0.4, 0.5) is 5.13 Å². The van der Waals surface area contributed by atoms with E-state index in [0.717, 1.165) is 25.2 Å². The average molecular weight is 247 g/mol. The highest BCUT2D eigenvalue weighted by Crippen LogP contribution is 2.31.